The highest BCUT2D eigenvalue weighted by Crippen LogP contribution is 2.07. The van der Waals surface area contributed by atoms with E-state index in [0.29, 0.717) is 0 Å². The minimum atomic E-state index is -0.216. The van der Waals surface area contributed by atoms with Crippen molar-refractivity contribution in [2.75, 3.05) is 13.7 Å². The molecule has 0 heterocycles. The zero-order chi connectivity index (χ0) is 10.6. The predicted octanol–water partition coefficient (Wildman–Crippen LogP) is 1.64. The molecule has 1 aromatic rings. The molecule has 1 unspecified atom stereocenters. The number of halogens is 1. The Labute approximate surface area is 84.0 Å². The van der Waals surface area contributed by atoms with Gasteiger partial charge in [0.2, 0.25) is 0 Å². The molecule has 0 aromatic heterocycles. The van der Waals surface area contributed by atoms with Gasteiger partial charge in [0.1, 0.15) is 5.82 Å². The van der Waals surface area contributed by atoms with E-state index in [4.69, 9.17) is 5.11 Å². The third-order valence-electron chi connectivity index (χ3n) is 2.36. The van der Waals surface area contributed by atoms with Gasteiger partial charge in [-0.25, -0.2) is 4.39 Å². The molecule has 3 heteroatoms. The molecule has 1 aromatic carbocycles. The Hall–Kier alpha value is -0.930. The summed E-state index contributed by atoms with van der Waals surface area (Å²) in [6.45, 7) is 2.81. The van der Waals surface area contributed by atoms with Crippen molar-refractivity contribution in [1.29, 1.82) is 0 Å². The van der Waals surface area contributed by atoms with Gasteiger partial charge in [-0.15, -0.1) is 0 Å². The van der Waals surface area contributed by atoms with E-state index < -0.39 is 0 Å². The van der Waals surface area contributed by atoms with Gasteiger partial charge < -0.3 is 5.11 Å². The Balaban J connectivity index is 2.56. The number of nitrogens with zero attached hydrogens (tertiary/aromatic N) is 1. The number of aliphatic hydroxyl groups excluding tert-OH is 1. The highest BCUT2D eigenvalue weighted by atomic mass is 19.1. The van der Waals surface area contributed by atoms with Crippen molar-refractivity contribution < 1.29 is 9.50 Å². The number of aliphatic hydroxyl groups is 1. The Bertz CT molecular complexity index is 273. The molecule has 1 rings (SSSR count). The highest BCUT2D eigenvalue weighted by Gasteiger charge is 2.07. The monoisotopic (exact) mass is 197 g/mol. The molecule has 78 valence electrons. The van der Waals surface area contributed by atoms with E-state index >= 15 is 0 Å². The normalized spacial score (nSPS) is 13.2. The maximum atomic E-state index is 12.6. The van der Waals surface area contributed by atoms with Crippen molar-refractivity contribution in [3.63, 3.8) is 0 Å². The van der Waals surface area contributed by atoms with Crippen LogP contribution in [0.4, 0.5) is 4.39 Å². The van der Waals surface area contributed by atoms with Gasteiger partial charge in [-0.1, -0.05) is 12.1 Å². The summed E-state index contributed by atoms with van der Waals surface area (Å²) in [5.41, 5.74) is 1.05. The van der Waals surface area contributed by atoms with Crippen LogP contribution in [0.2, 0.25) is 0 Å². The first kappa shape index (κ1) is 11.1. The Morgan fingerprint density at radius 3 is 2.43 bits per heavy atom. The summed E-state index contributed by atoms with van der Waals surface area (Å²) in [6.07, 6.45) is 0. The quantitative estimate of drug-likeness (QED) is 0.793. The second kappa shape index (κ2) is 5.08. The highest BCUT2D eigenvalue weighted by molar-refractivity contribution is 5.15. The van der Waals surface area contributed by atoms with E-state index in [2.05, 4.69) is 0 Å². The van der Waals surface area contributed by atoms with E-state index in [-0.39, 0.29) is 18.5 Å². The van der Waals surface area contributed by atoms with Gasteiger partial charge in [0.05, 0.1) is 6.61 Å². The molecule has 0 spiro atoms. The Morgan fingerprint density at radius 1 is 1.36 bits per heavy atom. The van der Waals surface area contributed by atoms with Gasteiger partial charge >= 0.3 is 0 Å². The van der Waals surface area contributed by atoms with Crippen molar-refractivity contribution in [3.8, 4) is 0 Å². The number of hydrogen-bond acceptors (Lipinski definition) is 2. The fourth-order valence-electron chi connectivity index (χ4n) is 1.17. The number of likely N-dealkylation sites (N-methyl/N-ethyl adjacent to an activating group) is 1. The van der Waals surface area contributed by atoms with Crippen LogP contribution in [0, 0.1) is 5.82 Å². The molecule has 1 atom stereocenters. The lowest BCUT2D eigenvalue weighted by atomic mass is 10.2. The van der Waals surface area contributed by atoms with Crippen molar-refractivity contribution in [2.45, 2.75) is 19.5 Å². The van der Waals surface area contributed by atoms with Crippen LogP contribution >= 0.6 is 0 Å². The maximum Gasteiger partial charge on any atom is 0.123 e. The lowest BCUT2D eigenvalue weighted by molar-refractivity contribution is 0.154. The molecule has 1 N–H and O–H groups in total. The average molecular weight is 197 g/mol. The van der Waals surface area contributed by atoms with Crippen LogP contribution in [0.1, 0.15) is 12.5 Å². The SMILES string of the molecule is CC(CO)N(C)Cc1ccc(F)cc1. The molecular formula is C11H16FNO. The summed E-state index contributed by atoms with van der Waals surface area (Å²) in [7, 11) is 1.93. The van der Waals surface area contributed by atoms with Crippen LogP contribution in [0.3, 0.4) is 0 Å². The molecule has 0 aliphatic carbocycles. The number of benzene rings is 1. The van der Waals surface area contributed by atoms with Gasteiger partial charge in [0.15, 0.2) is 0 Å². The second-order valence-electron chi connectivity index (χ2n) is 3.57. The minimum Gasteiger partial charge on any atom is -0.395 e. The maximum absolute atomic E-state index is 12.6. The summed E-state index contributed by atoms with van der Waals surface area (Å²) < 4.78 is 12.6. The van der Waals surface area contributed by atoms with Crippen LogP contribution < -0.4 is 0 Å². The van der Waals surface area contributed by atoms with E-state index in [1.54, 1.807) is 12.1 Å². The summed E-state index contributed by atoms with van der Waals surface area (Å²) >= 11 is 0. The first-order valence-electron chi connectivity index (χ1n) is 4.69. The third-order valence-corrected chi connectivity index (χ3v) is 2.36. The molecule has 0 aliphatic rings. The topological polar surface area (TPSA) is 23.5 Å². The predicted molar refractivity (Wildman–Crippen MR) is 54.4 cm³/mol. The van der Waals surface area contributed by atoms with E-state index in [1.165, 1.54) is 12.1 Å². The molecule has 0 saturated heterocycles. The largest absolute Gasteiger partial charge is 0.395 e. The number of hydrogen-bond donors (Lipinski definition) is 1. The molecular weight excluding hydrogens is 181 g/mol. The first-order valence-corrected chi connectivity index (χ1v) is 4.69. The molecule has 0 amide bonds. The van der Waals surface area contributed by atoms with E-state index in [1.807, 2.05) is 18.9 Å². The minimum absolute atomic E-state index is 0.125. The van der Waals surface area contributed by atoms with Crippen molar-refractivity contribution in [2.24, 2.45) is 0 Å². The van der Waals surface area contributed by atoms with Crippen molar-refractivity contribution in [1.82, 2.24) is 4.90 Å². The zero-order valence-corrected chi connectivity index (χ0v) is 8.57. The lowest BCUT2D eigenvalue weighted by Crippen LogP contribution is -2.31. The second-order valence-corrected chi connectivity index (χ2v) is 3.57. The summed E-state index contributed by atoms with van der Waals surface area (Å²) in [4.78, 5) is 2.02. The fourth-order valence-corrected chi connectivity index (χ4v) is 1.17. The van der Waals surface area contributed by atoms with Gasteiger partial charge in [-0.05, 0) is 31.7 Å². The van der Waals surface area contributed by atoms with Gasteiger partial charge in [0, 0.05) is 12.6 Å². The third kappa shape index (κ3) is 3.09. The molecule has 0 aliphatic heterocycles. The van der Waals surface area contributed by atoms with Crippen LogP contribution in [0.25, 0.3) is 0 Å². The van der Waals surface area contributed by atoms with Crippen LogP contribution in [0.5, 0.6) is 0 Å². The van der Waals surface area contributed by atoms with Crippen molar-refractivity contribution in [3.05, 3.63) is 35.6 Å². The standard InChI is InChI=1S/C11H16FNO/c1-9(8-14)13(2)7-10-3-5-11(12)6-4-10/h3-6,9,14H,7-8H2,1-2H3. The summed E-state index contributed by atoms with van der Waals surface area (Å²) in [5.74, 6) is -0.216. The smallest absolute Gasteiger partial charge is 0.123 e. The average Bonchev–Trinajstić information content (AvgIpc) is 2.20. The summed E-state index contributed by atoms with van der Waals surface area (Å²) in [6, 6.07) is 6.55. The summed E-state index contributed by atoms with van der Waals surface area (Å²) in [5, 5.41) is 8.93. The van der Waals surface area contributed by atoms with E-state index in [0.717, 1.165) is 12.1 Å². The van der Waals surface area contributed by atoms with E-state index in [9.17, 15) is 4.39 Å². The fraction of sp³-hybridized carbons (Fsp3) is 0.455. The number of rotatable bonds is 4. The molecule has 0 bridgehead atoms. The van der Waals surface area contributed by atoms with Gasteiger partial charge in [0.25, 0.3) is 0 Å². The molecule has 0 fully saturated rings. The Kier molecular flexibility index (Phi) is 4.04. The molecule has 0 radical (unpaired) electrons. The molecule has 14 heavy (non-hydrogen) atoms. The molecule has 0 saturated carbocycles. The zero-order valence-electron chi connectivity index (χ0n) is 8.57. The van der Waals surface area contributed by atoms with Crippen molar-refractivity contribution >= 4 is 0 Å². The van der Waals surface area contributed by atoms with Crippen LogP contribution in [-0.4, -0.2) is 29.7 Å². The molecule has 2 nitrogen and oxygen atoms in total. The lowest BCUT2D eigenvalue weighted by Gasteiger charge is -2.22. The van der Waals surface area contributed by atoms with Gasteiger partial charge in [-0.3, -0.25) is 4.90 Å². The van der Waals surface area contributed by atoms with Gasteiger partial charge in [-0.2, -0.15) is 0 Å². The first-order chi connectivity index (χ1) is 6.63. The van der Waals surface area contributed by atoms with Crippen LogP contribution in [0.15, 0.2) is 24.3 Å². The van der Waals surface area contributed by atoms with Crippen LogP contribution in [-0.2, 0) is 6.54 Å². The Morgan fingerprint density at radius 2 is 1.93 bits per heavy atom.